The summed E-state index contributed by atoms with van der Waals surface area (Å²) in [7, 11) is 0. The molecule has 1 aromatic carbocycles. The predicted molar refractivity (Wildman–Crippen MR) is 115 cm³/mol. The minimum Gasteiger partial charge on any atom is -0.390 e. The highest BCUT2D eigenvalue weighted by Crippen LogP contribution is 2.43. The lowest BCUT2D eigenvalue weighted by atomic mass is 9.76. The lowest BCUT2D eigenvalue weighted by Crippen LogP contribution is -2.32. The molecule has 0 saturated heterocycles. The smallest absolute Gasteiger partial charge is 0.390 e. The SMILES string of the molecule is Cc1ccc(=O)n2ccn(Cc3nn([C@H]4C[C@H](c5ccc(Cl)cc5)C4)c(=O)o3)c(=O)c12. The number of rotatable bonds is 4. The van der Waals surface area contributed by atoms with Gasteiger partial charge in [-0.2, -0.15) is 4.68 Å². The van der Waals surface area contributed by atoms with Crippen LogP contribution in [0.4, 0.5) is 0 Å². The van der Waals surface area contributed by atoms with Crippen LogP contribution in [0.25, 0.3) is 5.52 Å². The zero-order valence-corrected chi connectivity index (χ0v) is 17.5. The van der Waals surface area contributed by atoms with Crippen molar-refractivity contribution in [2.45, 2.75) is 38.3 Å². The number of halogens is 1. The van der Waals surface area contributed by atoms with Gasteiger partial charge >= 0.3 is 5.76 Å². The van der Waals surface area contributed by atoms with Crippen molar-refractivity contribution in [3.8, 4) is 0 Å². The topological polar surface area (TPSA) is 91.5 Å². The fraction of sp³-hybridized carbons (Fsp3) is 0.273. The molecule has 0 unspecified atom stereocenters. The number of fused-ring (bicyclic) bond motifs is 1. The molecular formula is C22H19ClN4O4. The summed E-state index contributed by atoms with van der Waals surface area (Å²) in [6.45, 7) is 1.77. The Labute approximate surface area is 180 Å². The molecule has 4 aromatic rings. The lowest BCUT2D eigenvalue weighted by molar-refractivity contribution is 0.233. The first-order valence-corrected chi connectivity index (χ1v) is 10.3. The average Bonchev–Trinajstić information content (AvgIpc) is 3.06. The molecule has 0 spiro atoms. The Balaban J connectivity index is 1.38. The Bertz CT molecular complexity index is 1460. The van der Waals surface area contributed by atoms with E-state index in [1.165, 1.54) is 37.7 Å². The maximum absolute atomic E-state index is 12.9. The molecule has 1 aliphatic carbocycles. The van der Waals surface area contributed by atoms with Crippen LogP contribution in [-0.4, -0.2) is 18.7 Å². The van der Waals surface area contributed by atoms with Gasteiger partial charge in [0.1, 0.15) is 12.1 Å². The first-order valence-electron chi connectivity index (χ1n) is 9.96. The molecule has 0 N–H and O–H groups in total. The Hall–Kier alpha value is -3.39. The summed E-state index contributed by atoms with van der Waals surface area (Å²) in [5.74, 6) is -0.0307. The number of pyridine rings is 1. The monoisotopic (exact) mass is 438 g/mol. The van der Waals surface area contributed by atoms with Crippen molar-refractivity contribution in [3.05, 3.63) is 102 Å². The summed E-state index contributed by atoms with van der Waals surface area (Å²) in [5, 5.41) is 5.01. The van der Waals surface area contributed by atoms with Crippen LogP contribution in [0.15, 0.2) is 67.6 Å². The average molecular weight is 439 g/mol. The van der Waals surface area contributed by atoms with Crippen LogP contribution in [0.5, 0.6) is 0 Å². The summed E-state index contributed by atoms with van der Waals surface area (Å²) < 4.78 is 9.37. The second kappa shape index (κ2) is 7.39. The van der Waals surface area contributed by atoms with E-state index in [-0.39, 0.29) is 29.6 Å². The van der Waals surface area contributed by atoms with E-state index < -0.39 is 5.76 Å². The van der Waals surface area contributed by atoms with E-state index in [2.05, 4.69) is 5.10 Å². The number of hydrogen-bond acceptors (Lipinski definition) is 5. The fourth-order valence-corrected chi connectivity index (χ4v) is 4.24. The van der Waals surface area contributed by atoms with Gasteiger partial charge in [-0.3, -0.25) is 14.0 Å². The van der Waals surface area contributed by atoms with Crippen LogP contribution in [0.1, 0.15) is 41.8 Å². The highest BCUT2D eigenvalue weighted by Gasteiger charge is 2.34. The van der Waals surface area contributed by atoms with Gasteiger partial charge < -0.3 is 8.98 Å². The minimum absolute atomic E-state index is 0.00737. The molecule has 0 amide bonds. The Morgan fingerprint density at radius 2 is 1.81 bits per heavy atom. The molecule has 3 aromatic heterocycles. The quantitative estimate of drug-likeness (QED) is 0.488. The third-order valence-corrected chi connectivity index (χ3v) is 6.16. The summed E-state index contributed by atoms with van der Waals surface area (Å²) in [5.41, 5.74) is 1.54. The van der Waals surface area contributed by atoms with Crippen molar-refractivity contribution in [2.24, 2.45) is 0 Å². The Kier molecular flexibility index (Phi) is 4.66. The molecule has 1 saturated carbocycles. The summed E-state index contributed by atoms with van der Waals surface area (Å²) >= 11 is 5.94. The van der Waals surface area contributed by atoms with Crippen LogP contribution in [0.3, 0.4) is 0 Å². The van der Waals surface area contributed by atoms with Gasteiger partial charge in [-0.25, -0.2) is 4.79 Å². The van der Waals surface area contributed by atoms with Crippen LogP contribution in [0.2, 0.25) is 5.02 Å². The highest BCUT2D eigenvalue weighted by atomic mass is 35.5. The zero-order valence-electron chi connectivity index (χ0n) is 16.7. The van der Waals surface area contributed by atoms with Crippen LogP contribution >= 0.6 is 11.6 Å². The molecule has 0 atom stereocenters. The van der Waals surface area contributed by atoms with Crippen molar-refractivity contribution >= 4 is 17.1 Å². The molecule has 0 aliphatic heterocycles. The van der Waals surface area contributed by atoms with Crippen molar-refractivity contribution in [2.75, 3.05) is 0 Å². The summed E-state index contributed by atoms with van der Waals surface area (Å²) in [6.07, 6.45) is 4.59. The van der Waals surface area contributed by atoms with Gasteiger partial charge in [-0.1, -0.05) is 29.8 Å². The highest BCUT2D eigenvalue weighted by molar-refractivity contribution is 6.30. The first kappa shape index (κ1) is 19.6. The molecule has 31 heavy (non-hydrogen) atoms. The van der Waals surface area contributed by atoms with Gasteiger partial charge in [0.15, 0.2) is 0 Å². The van der Waals surface area contributed by atoms with E-state index in [9.17, 15) is 14.4 Å². The zero-order chi connectivity index (χ0) is 21.7. The van der Waals surface area contributed by atoms with Crippen molar-refractivity contribution in [1.82, 2.24) is 18.7 Å². The largest absolute Gasteiger partial charge is 0.437 e. The molecule has 3 heterocycles. The number of aryl methyl sites for hydroxylation is 1. The van der Waals surface area contributed by atoms with Gasteiger partial charge in [0.25, 0.3) is 11.1 Å². The molecule has 5 rings (SSSR count). The molecule has 1 aliphatic rings. The van der Waals surface area contributed by atoms with Crippen LogP contribution < -0.4 is 16.9 Å². The van der Waals surface area contributed by atoms with E-state index in [4.69, 9.17) is 16.0 Å². The fourth-order valence-electron chi connectivity index (χ4n) is 4.11. The van der Waals surface area contributed by atoms with Crippen LogP contribution in [0, 0.1) is 6.92 Å². The van der Waals surface area contributed by atoms with Gasteiger partial charge in [-0.05, 0) is 48.9 Å². The summed E-state index contributed by atoms with van der Waals surface area (Å²) in [6, 6.07) is 10.7. The molecule has 1 fully saturated rings. The molecule has 9 heteroatoms. The van der Waals surface area contributed by atoms with Gasteiger partial charge in [0.2, 0.25) is 5.89 Å². The van der Waals surface area contributed by atoms with E-state index >= 15 is 0 Å². The summed E-state index contributed by atoms with van der Waals surface area (Å²) in [4.78, 5) is 37.2. The van der Waals surface area contributed by atoms with Crippen molar-refractivity contribution in [3.63, 3.8) is 0 Å². The first-order chi connectivity index (χ1) is 14.9. The predicted octanol–water partition coefficient (Wildman–Crippen LogP) is 2.74. The molecular weight excluding hydrogens is 420 g/mol. The number of nitrogens with zero attached hydrogens (tertiary/aromatic N) is 4. The maximum atomic E-state index is 12.9. The number of hydrogen-bond donors (Lipinski definition) is 0. The van der Waals surface area contributed by atoms with Gasteiger partial charge in [0.05, 0.1) is 6.04 Å². The van der Waals surface area contributed by atoms with E-state index in [1.54, 1.807) is 13.0 Å². The molecule has 0 radical (unpaired) electrons. The normalized spacial score (nSPS) is 18.3. The molecule has 0 bridgehead atoms. The van der Waals surface area contributed by atoms with Crippen molar-refractivity contribution in [1.29, 1.82) is 0 Å². The maximum Gasteiger partial charge on any atom is 0.437 e. The third-order valence-electron chi connectivity index (χ3n) is 5.90. The second-order valence-corrected chi connectivity index (χ2v) is 8.32. The van der Waals surface area contributed by atoms with Gasteiger partial charge in [-0.15, -0.1) is 5.10 Å². The number of benzene rings is 1. The van der Waals surface area contributed by atoms with Crippen molar-refractivity contribution < 1.29 is 4.42 Å². The van der Waals surface area contributed by atoms with E-state index in [0.29, 0.717) is 22.0 Å². The van der Waals surface area contributed by atoms with E-state index in [0.717, 1.165) is 12.8 Å². The standard InChI is InChI=1S/C22H19ClN4O4/c1-13-2-7-19(28)26-9-8-25(21(29)20(13)26)12-18-24-27(22(30)31-18)17-10-15(11-17)14-3-5-16(23)6-4-14/h2-9,15,17H,10-12H2,1H3/t15-,17-. The second-order valence-electron chi connectivity index (χ2n) is 7.88. The van der Waals surface area contributed by atoms with Gasteiger partial charge in [0, 0.05) is 23.5 Å². The lowest BCUT2D eigenvalue weighted by Gasteiger charge is -2.34. The Morgan fingerprint density at radius 1 is 1.06 bits per heavy atom. The minimum atomic E-state index is -0.532. The number of aromatic nitrogens is 4. The molecule has 158 valence electrons. The van der Waals surface area contributed by atoms with Crippen LogP contribution in [-0.2, 0) is 6.54 Å². The third kappa shape index (κ3) is 3.42. The molecule has 8 nitrogen and oxygen atoms in total. The Morgan fingerprint density at radius 3 is 2.55 bits per heavy atom. The van der Waals surface area contributed by atoms with E-state index in [1.807, 2.05) is 24.3 Å².